The third-order valence-electron chi connectivity index (χ3n) is 3.61. The van der Waals surface area contributed by atoms with Crippen LogP contribution in [0.5, 0.6) is 0 Å². The van der Waals surface area contributed by atoms with Crippen molar-refractivity contribution in [3.63, 3.8) is 0 Å². The standard InChI is InChI=1S/C14H19N3O3/c1-10-9-17(7-6-16(10)2)14(20)15-12-5-3-4-11(8-12)13(18)19/h3-5,8,10H,6-7,9H2,1-2H3,(H,15,20)(H,18,19). The van der Waals surface area contributed by atoms with E-state index >= 15 is 0 Å². The summed E-state index contributed by atoms with van der Waals surface area (Å²) in [4.78, 5) is 27.0. The molecule has 6 nitrogen and oxygen atoms in total. The maximum absolute atomic E-state index is 12.1. The number of carbonyl (C=O) groups excluding carboxylic acids is 1. The van der Waals surface area contributed by atoms with Gasteiger partial charge >= 0.3 is 12.0 Å². The van der Waals surface area contributed by atoms with Gasteiger partial charge in [0.15, 0.2) is 0 Å². The van der Waals surface area contributed by atoms with Crippen molar-refractivity contribution >= 4 is 17.7 Å². The molecule has 0 bridgehead atoms. The lowest BCUT2D eigenvalue weighted by Crippen LogP contribution is -2.53. The molecule has 0 radical (unpaired) electrons. The molecule has 1 aromatic rings. The summed E-state index contributed by atoms with van der Waals surface area (Å²) < 4.78 is 0. The van der Waals surface area contributed by atoms with Gasteiger partial charge in [-0.25, -0.2) is 9.59 Å². The normalized spacial score (nSPS) is 19.7. The Morgan fingerprint density at radius 2 is 2.10 bits per heavy atom. The highest BCUT2D eigenvalue weighted by molar-refractivity contribution is 5.93. The lowest BCUT2D eigenvalue weighted by Gasteiger charge is -2.37. The van der Waals surface area contributed by atoms with Crippen molar-refractivity contribution in [2.45, 2.75) is 13.0 Å². The number of anilines is 1. The van der Waals surface area contributed by atoms with Crippen molar-refractivity contribution in [3.8, 4) is 0 Å². The first-order valence-electron chi connectivity index (χ1n) is 6.57. The molecule has 0 saturated carbocycles. The molecule has 1 fully saturated rings. The van der Waals surface area contributed by atoms with Crippen molar-refractivity contribution in [2.75, 3.05) is 32.0 Å². The number of rotatable bonds is 2. The monoisotopic (exact) mass is 277 g/mol. The van der Waals surface area contributed by atoms with E-state index in [1.807, 2.05) is 7.05 Å². The number of urea groups is 1. The third-order valence-corrected chi connectivity index (χ3v) is 3.61. The largest absolute Gasteiger partial charge is 0.478 e. The summed E-state index contributed by atoms with van der Waals surface area (Å²) in [7, 11) is 2.04. The van der Waals surface area contributed by atoms with Crippen LogP contribution in [0.3, 0.4) is 0 Å². The van der Waals surface area contributed by atoms with Gasteiger partial charge < -0.3 is 20.2 Å². The summed E-state index contributed by atoms with van der Waals surface area (Å²) >= 11 is 0. The highest BCUT2D eigenvalue weighted by Crippen LogP contribution is 2.13. The number of amides is 2. The number of likely N-dealkylation sites (N-methyl/N-ethyl adjacent to an activating group) is 1. The Hall–Kier alpha value is -2.08. The number of aromatic carboxylic acids is 1. The molecule has 2 N–H and O–H groups in total. The number of carboxylic acids is 1. The van der Waals surface area contributed by atoms with Gasteiger partial charge in [-0.05, 0) is 32.2 Å². The summed E-state index contributed by atoms with van der Waals surface area (Å²) in [5.41, 5.74) is 0.663. The summed E-state index contributed by atoms with van der Waals surface area (Å²) in [6.07, 6.45) is 0. The minimum absolute atomic E-state index is 0.162. The minimum Gasteiger partial charge on any atom is -0.478 e. The quantitative estimate of drug-likeness (QED) is 0.860. The van der Waals surface area contributed by atoms with Gasteiger partial charge in [-0.3, -0.25) is 0 Å². The van der Waals surface area contributed by atoms with Crippen LogP contribution in [0.4, 0.5) is 10.5 Å². The number of carbonyl (C=O) groups is 2. The molecule has 1 aliphatic rings. The van der Waals surface area contributed by atoms with Crippen molar-refractivity contribution in [3.05, 3.63) is 29.8 Å². The van der Waals surface area contributed by atoms with E-state index in [4.69, 9.17) is 5.11 Å². The second-order valence-corrected chi connectivity index (χ2v) is 5.09. The first-order valence-corrected chi connectivity index (χ1v) is 6.57. The molecule has 1 heterocycles. The Labute approximate surface area is 118 Å². The fourth-order valence-electron chi connectivity index (χ4n) is 2.17. The first kappa shape index (κ1) is 14.3. The number of hydrogen-bond donors (Lipinski definition) is 2. The minimum atomic E-state index is -1.01. The molecule has 1 saturated heterocycles. The zero-order valence-corrected chi connectivity index (χ0v) is 11.7. The molecular weight excluding hydrogens is 258 g/mol. The molecule has 2 amide bonds. The van der Waals surface area contributed by atoms with E-state index in [9.17, 15) is 9.59 Å². The molecule has 20 heavy (non-hydrogen) atoms. The summed E-state index contributed by atoms with van der Waals surface area (Å²) in [6, 6.07) is 6.39. The van der Waals surface area contributed by atoms with E-state index in [-0.39, 0.29) is 11.6 Å². The van der Waals surface area contributed by atoms with Gasteiger partial charge in [-0.2, -0.15) is 0 Å². The van der Waals surface area contributed by atoms with Crippen LogP contribution in [-0.2, 0) is 0 Å². The van der Waals surface area contributed by atoms with Crippen LogP contribution in [0.1, 0.15) is 17.3 Å². The third kappa shape index (κ3) is 3.27. The molecule has 0 aromatic heterocycles. The summed E-state index contributed by atoms with van der Waals surface area (Å²) in [5, 5.41) is 11.7. The molecule has 1 aromatic carbocycles. The second-order valence-electron chi connectivity index (χ2n) is 5.09. The Morgan fingerprint density at radius 1 is 1.35 bits per heavy atom. The fourth-order valence-corrected chi connectivity index (χ4v) is 2.17. The van der Waals surface area contributed by atoms with Crippen LogP contribution in [0.15, 0.2) is 24.3 Å². The average molecular weight is 277 g/mol. The SMILES string of the molecule is CC1CN(C(=O)Nc2cccc(C(=O)O)c2)CCN1C. The van der Waals surface area contributed by atoms with Gasteiger partial charge in [-0.1, -0.05) is 6.07 Å². The van der Waals surface area contributed by atoms with E-state index in [2.05, 4.69) is 17.1 Å². The number of piperazine rings is 1. The molecule has 108 valence electrons. The number of nitrogens with one attached hydrogen (secondary N) is 1. The van der Waals surface area contributed by atoms with Crippen LogP contribution in [0, 0.1) is 0 Å². The average Bonchev–Trinajstić information content (AvgIpc) is 2.42. The number of nitrogens with zero attached hydrogens (tertiary/aromatic N) is 2. The molecule has 0 aliphatic carbocycles. The predicted octanol–water partition coefficient (Wildman–Crippen LogP) is 1.55. The molecule has 2 rings (SSSR count). The van der Waals surface area contributed by atoms with Gasteiger partial charge in [0.05, 0.1) is 5.56 Å². The highest BCUT2D eigenvalue weighted by atomic mass is 16.4. The van der Waals surface area contributed by atoms with Crippen molar-refractivity contribution in [2.24, 2.45) is 0 Å². The van der Waals surface area contributed by atoms with E-state index in [1.165, 1.54) is 12.1 Å². The van der Waals surface area contributed by atoms with Crippen molar-refractivity contribution < 1.29 is 14.7 Å². The zero-order chi connectivity index (χ0) is 14.7. The van der Waals surface area contributed by atoms with Crippen LogP contribution in [0.25, 0.3) is 0 Å². The Kier molecular flexibility index (Phi) is 4.24. The van der Waals surface area contributed by atoms with E-state index in [1.54, 1.807) is 17.0 Å². The maximum Gasteiger partial charge on any atom is 0.335 e. The van der Waals surface area contributed by atoms with Crippen LogP contribution in [0.2, 0.25) is 0 Å². The van der Waals surface area contributed by atoms with Crippen LogP contribution in [-0.4, -0.2) is 59.6 Å². The Bertz CT molecular complexity index is 518. The number of carboxylic acid groups (broad SMARTS) is 1. The topological polar surface area (TPSA) is 72.9 Å². The molecule has 1 unspecified atom stereocenters. The van der Waals surface area contributed by atoms with Crippen molar-refractivity contribution in [1.82, 2.24) is 9.80 Å². The van der Waals surface area contributed by atoms with Crippen molar-refractivity contribution in [1.29, 1.82) is 0 Å². The molecule has 0 spiro atoms. The maximum atomic E-state index is 12.1. The Balaban J connectivity index is 2.01. The van der Waals surface area contributed by atoms with E-state index < -0.39 is 5.97 Å². The van der Waals surface area contributed by atoms with Crippen LogP contribution >= 0.6 is 0 Å². The molecule has 6 heteroatoms. The first-order chi connectivity index (χ1) is 9.47. The molecule has 1 aliphatic heterocycles. The van der Waals surface area contributed by atoms with E-state index in [0.717, 1.165) is 6.54 Å². The van der Waals surface area contributed by atoms with Gasteiger partial charge in [0.25, 0.3) is 0 Å². The summed E-state index contributed by atoms with van der Waals surface area (Å²) in [6.45, 7) is 4.25. The molecular formula is C14H19N3O3. The van der Waals surface area contributed by atoms with E-state index in [0.29, 0.717) is 24.8 Å². The van der Waals surface area contributed by atoms with Gasteiger partial charge in [-0.15, -0.1) is 0 Å². The molecule has 1 atom stereocenters. The fraction of sp³-hybridized carbons (Fsp3) is 0.429. The lowest BCUT2D eigenvalue weighted by atomic mass is 10.2. The Morgan fingerprint density at radius 3 is 2.75 bits per heavy atom. The number of hydrogen-bond acceptors (Lipinski definition) is 3. The van der Waals surface area contributed by atoms with Gasteiger partial charge in [0.1, 0.15) is 0 Å². The number of benzene rings is 1. The van der Waals surface area contributed by atoms with Crippen LogP contribution < -0.4 is 5.32 Å². The summed E-state index contributed by atoms with van der Waals surface area (Å²) in [5.74, 6) is -1.01. The highest BCUT2D eigenvalue weighted by Gasteiger charge is 2.24. The van der Waals surface area contributed by atoms with Gasteiger partial charge in [0.2, 0.25) is 0 Å². The van der Waals surface area contributed by atoms with Gasteiger partial charge in [0, 0.05) is 31.4 Å². The lowest BCUT2D eigenvalue weighted by molar-refractivity contribution is 0.0697. The second kappa shape index (κ2) is 5.92. The predicted molar refractivity (Wildman–Crippen MR) is 76.1 cm³/mol. The zero-order valence-electron chi connectivity index (χ0n) is 11.7. The smallest absolute Gasteiger partial charge is 0.335 e.